The van der Waals surface area contributed by atoms with Crippen LogP contribution in [0.4, 0.5) is 0 Å². The number of carboxylic acids is 1. The first-order valence-electron chi connectivity index (χ1n) is 4.25. The van der Waals surface area contributed by atoms with E-state index in [2.05, 4.69) is 20.9 Å². The van der Waals surface area contributed by atoms with Crippen molar-refractivity contribution in [1.82, 2.24) is 4.98 Å². The molecule has 78 valence electrons. The number of aromatic amines is 1. The number of hydrogen-bond acceptors (Lipinski definition) is 1. The molecule has 1 aromatic carbocycles. The lowest BCUT2D eigenvalue weighted by atomic mass is 10.1. The first-order valence-corrected chi connectivity index (χ1v) is 5.42. The van der Waals surface area contributed by atoms with E-state index < -0.39 is 5.97 Å². The van der Waals surface area contributed by atoms with Crippen LogP contribution in [0.3, 0.4) is 0 Å². The van der Waals surface area contributed by atoms with Gasteiger partial charge in [-0.05, 0) is 33.6 Å². The predicted octanol–water partition coefficient (Wildman–Crippen LogP) is 3.21. The van der Waals surface area contributed by atoms with E-state index in [0.29, 0.717) is 10.6 Å². The van der Waals surface area contributed by atoms with E-state index in [1.54, 1.807) is 6.20 Å². The quantitative estimate of drug-likeness (QED) is 0.891. The lowest BCUT2D eigenvalue weighted by Gasteiger charge is -2.00. The molecule has 0 aliphatic carbocycles. The summed E-state index contributed by atoms with van der Waals surface area (Å²) in [7, 11) is 0. The second kappa shape index (κ2) is 3.87. The van der Waals surface area contributed by atoms with Crippen LogP contribution in [0.15, 0.2) is 22.8 Å². The summed E-state index contributed by atoms with van der Waals surface area (Å²) in [6.45, 7) is 0. The molecule has 0 spiro atoms. The van der Waals surface area contributed by atoms with Crippen molar-refractivity contribution in [2.24, 2.45) is 0 Å². The fraction of sp³-hybridized carbons (Fsp3) is 0.100. The SMILES string of the molecule is O=C(O)Cc1c[nH]c2ccc(Br)c(Cl)c12. The van der Waals surface area contributed by atoms with Gasteiger partial charge in [-0.1, -0.05) is 11.6 Å². The molecule has 2 N–H and O–H groups in total. The lowest BCUT2D eigenvalue weighted by Crippen LogP contribution is -1.98. The van der Waals surface area contributed by atoms with Gasteiger partial charge >= 0.3 is 5.97 Å². The van der Waals surface area contributed by atoms with Crippen molar-refractivity contribution in [3.8, 4) is 0 Å². The molecule has 0 saturated carbocycles. The number of halogens is 2. The Kier molecular flexibility index (Phi) is 2.71. The van der Waals surface area contributed by atoms with Gasteiger partial charge < -0.3 is 10.1 Å². The molecule has 0 fully saturated rings. The zero-order valence-corrected chi connectivity index (χ0v) is 9.89. The smallest absolute Gasteiger partial charge is 0.307 e. The predicted molar refractivity (Wildman–Crippen MR) is 62.3 cm³/mol. The minimum absolute atomic E-state index is 0.0316. The van der Waals surface area contributed by atoms with Crippen molar-refractivity contribution in [2.75, 3.05) is 0 Å². The van der Waals surface area contributed by atoms with Crippen molar-refractivity contribution in [3.63, 3.8) is 0 Å². The minimum atomic E-state index is -0.869. The Hall–Kier alpha value is -1.000. The molecular weight excluding hydrogens is 281 g/mol. The van der Waals surface area contributed by atoms with E-state index in [1.165, 1.54) is 0 Å². The molecule has 0 unspecified atom stereocenters. The van der Waals surface area contributed by atoms with Crippen LogP contribution < -0.4 is 0 Å². The summed E-state index contributed by atoms with van der Waals surface area (Å²) in [5, 5.41) is 10.1. The monoisotopic (exact) mass is 287 g/mol. The Labute approximate surface area is 99.2 Å². The third kappa shape index (κ3) is 1.87. The molecule has 1 aromatic heterocycles. The molecule has 0 bridgehead atoms. The first kappa shape index (κ1) is 10.5. The minimum Gasteiger partial charge on any atom is -0.481 e. The van der Waals surface area contributed by atoms with Gasteiger partial charge in [-0.3, -0.25) is 4.79 Å². The second-order valence-corrected chi connectivity index (χ2v) is 4.40. The van der Waals surface area contributed by atoms with Crippen LogP contribution in [-0.4, -0.2) is 16.1 Å². The molecule has 0 atom stereocenters. The zero-order chi connectivity index (χ0) is 11.0. The van der Waals surface area contributed by atoms with Crippen molar-refractivity contribution in [2.45, 2.75) is 6.42 Å². The molecule has 2 aromatic rings. The molecule has 15 heavy (non-hydrogen) atoms. The maximum absolute atomic E-state index is 10.6. The van der Waals surface area contributed by atoms with Gasteiger partial charge in [0.25, 0.3) is 0 Å². The number of fused-ring (bicyclic) bond motifs is 1. The number of carboxylic acid groups (broad SMARTS) is 1. The average Bonchev–Trinajstić information content (AvgIpc) is 2.55. The fourth-order valence-corrected chi connectivity index (χ4v) is 2.14. The van der Waals surface area contributed by atoms with Crippen LogP contribution in [0.5, 0.6) is 0 Å². The Bertz CT molecular complexity index is 535. The van der Waals surface area contributed by atoms with E-state index in [1.807, 2.05) is 12.1 Å². The molecule has 5 heteroatoms. The summed E-state index contributed by atoms with van der Waals surface area (Å²) < 4.78 is 0.767. The maximum Gasteiger partial charge on any atom is 0.307 e. The third-order valence-corrected chi connectivity index (χ3v) is 3.44. The number of hydrogen-bond donors (Lipinski definition) is 2. The molecule has 0 aliphatic heterocycles. The third-order valence-electron chi connectivity index (χ3n) is 2.16. The molecule has 2 rings (SSSR count). The highest BCUT2D eigenvalue weighted by Gasteiger charge is 2.12. The highest BCUT2D eigenvalue weighted by Crippen LogP contribution is 2.33. The van der Waals surface area contributed by atoms with Crippen LogP contribution in [-0.2, 0) is 11.2 Å². The summed E-state index contributed by atoms with van der Waals surface area (Å²) in [6, 6.07) is 3.68. The van der Waals surface area contributed by atoms with Crippen LogP contribution in [0.1, 0.15) is 5.56 Å². The zero-order valence-electron chi connectivity index (χ0n) is 7.55. The standard InChI is InChI=1S/C10H7BrClNO2/c11-6-1-2-7-9(10(6)12)5(4-13-7)3-8(14)15/h1-2,4,13H,3H2,(H,14,15). The largest absolute Gasteiger partial charge is 0.481 e. The summed E-state index contributed by atoms with van der Waals surface area (Å²) in [4.78, 5) is 13.6. The molecule has 0 radical (unpaired) electrons. The Morgan fingerprint density at radius 1 is 1.53 bits per heavy atom. The van der Waals surface area contributed by atoms with Gasteiger partial charge in [0.15, 0.2) is 0 Å². The van der Waals surface area contributed by atoms with Gasteiger partial charge in [0.2, 0.25) is 0 Å². The number of benzene rings is 1. The van der Waals surface area contributed by atoms with E-state index in [0.717, 1.165) is 15.4 Å². The first-order chi connectivity index (χ1) is 7.09. The van der Waals surface area contributed by atoms with E-state index >= 15 is 0 Å². The van der Waals surface area contributed by atoms with Crippen LogP contribution >= 0.6 is 27.5 Å². The van der Waals surface area contributed by atoms with Crippen LogP contribution in [0, 0.1) is 0 Å². The van der Waals surface area contributed by atoms with Crippen molar-refractivity contribution in [1.29, 1.82) is 0 Å². The highest BCUT2D eigenvalue weighted by atomic mass is 79.9. The number of carbonyl (C=O) groups is 1. The molecule has 0 aliphatic rings. The van der Waals surface area contributed by atoms with Gasteiger partial charge in [0.05, 0.1) is 11.4 Å². The molecule has 0 amide bonds. The molecule has 1 heterocycles. The van der Waals surface area contributed by atoms with Crippen molar-refractivity contribution in [3.05, 3.63) is 33.4 Å². The van der Waals surface area contributed by atoms with Gasteiger partial charge in [-0.15, -0.1) is 0 Å². The van der Waals surface area contributed by atoms with E-state index in [-0.39, 0.29) is 6.42 Å². The topological polar surface area (TPSA) is 53.1 Å². The number of aromatic nitrogens is 1. The molecule has 0 saturated heterocycles. The summed E-state index contributed by atoms with van der Waals surface area (Å²) in [5.41, 5.74) is 1.54. The van der Waals surface area contributed by atoms with Crippen LogP contribution in [0.2, 0.25) is 5.02 Å². The van der Waals surface area contributed by atoms with Crippen molar-refractivity contribution >= 4 is 44.4 Å². The van der Waals surface area contributed by atoms with Crippen molar-refractivity contribution < 1.29 is 9.90 Å². The maximum atomic E-state index is 10.6. The summed E-state index contributed by atoms with van der Waals surface area (Å²) >= 11 is 9.40. The van der Waals surface area contributed by atoms with E-state index in [4.69, 9.17) is 16.7 Å². The number of aliphatic carboxylic acids is 1. The fourth-order valence-electron chi connectivity index (χ4n) is 1.52. The summed E-state index contributed by atoms with van der Waals surface area (Å²) in [6.07, 6.45) is 1.65. The highest BCUT2D eigenvalue weighted by molar-refractivity contribution is 9.10. The molecule has 3 nitrogen and oxygen atoms in total. The summed E-state index contributed by atoms with van der Waals surface area (Å²) in [5.74, 6) is -0.869. The van der Waals surface area contributed by atoms with Gasteiger partial charge in [0.1, 0.15) is 0 Å². The Balaban J connectivity index is 2.66. The second-order valence-electron chi connectivity index (χ2n) is 3.17. The average molecular weight is 289 g/mol. The number of nitrogens with one attached hydrogen (secondary N) is 1. The van der Waals surface area contributed by atoms with E-state index in [9.17, 15) is 4.79 Å². The molecular formula is C10H7BrClNO2. The van der Waals surface area contributed by atoms with Gasteiger partial charge in [-0.2, -0.15) is 0 Å². The normalized spacial score (nSPS) is 10.8. The van der Waals surface area contributed by atoms with Gasteiger partial charge in [-0.25, -0.2) is 0 Å². The Morgan fingerprint density at radius 3 is 2.93 bits per heavy atom. The number of rotatable bonds is 2. The lowest BCUT2D eigenvalue weighted by molar-refractivity contribution is -0.136. The van der Waals surface area contributed by atoms with Gasteiger partial charge in [0, 0.05) is 21.6 Å². The number of H-pyrrole nitrogens is 1. The van der Waals surface area contributed by atoms with Crippen LogP contribution in [0.25, 0.3) is 10.9 Å². The Morgan fingerprint density at radius 2 is 2.27 bits per heavy atom.